The van der Waals surface area contributed by atoms with Crippen LogP contribution >= 0.6 is 0 Å². The fourth-order valence-electron chi connectivity index (χ4n) is 1.71. The standard InChI is InChI=1S/C15H29NO4/c1-7-9-12(13(10-8-2)19-11-18-6)16-14(17)20-15(3,4)5/h13H,7-11H2,1-6H3/b16-12+. The smallest absolute Gasteiger partial charge is 0.434 e. The lowest BCUT2D eigenvalue weighted by Crippen LogP contribution is -2.28. The van der Waals surface area contributed by atoms with Crippen molar-refractivity contribution in [2.45, 2.75) is 72.0 Å². The zero-order valence-electron chi connectivity index (χ0n) is 13.7. The molecule has 0 aromatic carbocycles. The van der Waals surface area contributed by atoms with Crippen molar-refractivity contribution in [2.24, 2.45) is 4.99 Å². The first-order valence-electron chi connectivity index (χ1n) is 7.25. The second-order valence-corrected chi connectivity index (χ2v) is 5.68. The molecule has 0 aliphatic heterocycles. The summed E-state index contributed by atoms with van der Waals surface area (Å²) in [6.07, 6.45) is 2.64. The molecule has 20 heavy (non-hydrogen) atoms. The van der Waals surface area contributed by atoms with Crippen LogP contribution in [0, 0.1) is 0 Å². The van der Waals surface area contributed by atoms with E-state index in [9.17, 15) is 4.79 Å². The lowest BCUT2D eigenvalue weighted by molar-refractivity contribution is -0.0517. The van der Waals surface area contributed by atoms with E-state index in [-0.39, 0.29) is 12.9 Å². The molecular formula is C15H29NO4. The van der Waals surface area contributed by atoms with Crippen molar-refractivity contribution in [3.05, 3.63) is 0 Å². The topological polar surface area (TPSA) is 57.1 Å². The number of carbonyl (C=O) groups excluding carboxylic acids is 1. The lowest BCUT2D eigenvalue weighted by atomic mass is 10.1. The number of rotatable bonds is 8. The van der Waals surface area contributed by atoms with Crippen LogP contribution in [0.25, 0.3) is 0 Å². The Labute approximate surface area is 122 Å². The predicted molar refractivity (Wildman–Crippen MR) is 80.2 cm³/mol. The Morgan fingerprint density at radius 2 is 1.85 bits per heavy atom. The van der Waals surface area contributed by atoms with E-state index >= 15 is 0 Å². The number of carbonyl (C=O) groups is 1. The number of hydrogen-bond acceptors (Lipinski definition) is 4. The van der Waals surface area contributed by atoms with Gasteiger partial charge in [-0.25, -0.2) is 4.79 Å². The maximum atomic E-state index is 11.8. The average molecular weight is 287 g/mol. The number of ether oxygens (including phenoxy) is 3. The Hall–Kier alpha value is -0.940. The van der Waals surface area contributed by atoms with Crippen molar-refractivity contribution in [1.29, 1.82) is 0 Å². The van der Waals surface area contributed by atoms with E-state index in [4.69, 9.17) is 14.2 Å². The third kappa shape index (κ3) is 9.04. The molecule has 1 amide bonds. The normalized spacial score (nSPS) is 14.2. The third-order valence-electron chi connectivity index (χ3n) is 2.44. The first-order valence-corrected chi connectivity index (χ1v) is 7.25. The average Bonchev–Trinajstić information content (AvgIpc) is 2.31. The van der Waals surface area contributed by atoms with E-state index in [0.29, 0.717) is 6.42 Å². The SMILES string of the molecule is CCC/C(=N\C(=O)OC(C)(C)C)C(CCC)OCOC. The monoisotopic (exact) mass is 287 g/mol. The minimum atomic E-state index is -0.553. The molecule has 0 aromatic rings. The van der Waals surface area contributed by atoms with Crippen LogP contribution in [0.2, 0.25) is 0 Å². The van der Waals surface area contributed by atoms with Crippen LogP contribution in [0.1, 0.15) is 60.3 Å². The Bertz CT molecular complexity index is 307. The highest BCUT2D eigenvalue weighted by Gasteiger charge is 2.20. The summed E-state index contributed by atoms with van der Waals surface area (Å²) in [5, 5.41) is 0. The molecule has 0 heterocycles. The zero-order valence-corrected chi connectivity index (χ0v) is 13.7. The first kappa shape index (κ1) is 19.1. The van der Waals surface area contributed by atoms with E-state index in [2.05, 4.69) is 11.9 Å². The van der Waals surface area contributed by atoms with Crippen molar-refractivity contribution in [3.8, 4) is 0 Å². The summed E-state index contributed by atoms with van der Waals surface area (Å²) in [7, 11) is 1.58. The van der Waals surface area contributed by atoms with Crippen molar-refractivity contribution in [3.63, 3.8) is 0 Å². The van der Waals surface area contributed by atoms with E-state index in [1.807, 2.05) is 27.7 Å². The molecule has 0 aliphatic carbocycles. The van der Waals surface area contributed by atoms with Crippen molar-refractivity contribution in [2.75, 3.05) is 13.9 Å². The molecule has 0 spiro atoms. The number of amides is 1. The highest BCUT2D eigenvalue weighted by atomic mass is 16.7. The number of aliphatic imine (C=N–C) groups is 1. The largest absolute Gasteiger partial charge is 0.442 e. The van der Waals surface area contributed by atoms with Gasteiger partial charge in [0.15, 0.2) is 0 Å². The molecule has 0 N–H and O–H groups in total. The summed E-state index contributed by atoms with van der Waals surface area (Å²) < 4.78 is 15.8. The number of hydrogen-bond donors (Lipinski definition) is 0. The minimum Gasteiger partial charge on any atom is -0.442 e. The van der Waals surface area contributed by atoms with Crippen LogP contribution in [-0.4, -0.2) is 37.4 Å². The molecule has 5 heteroatoms. The fraction of sp³-hybridized carbons (Fsp3) is 0.867. The Kier molecular flexibility index (Phi) is 9.42. The van der Waals surface area contributed by atoms with E-state index in [0.717, 1.165) is 25.0 Å². The molecule has 0 rings (SSSR count). The van der Waals surface area contributed by atoms with E-state index < -0.39 is 11.7 Å². The Morgan fingerprint density at radius 1 is 1.20 bits per heavy atom. The minimum absolute atomic E-state index is 0.188. The van der Waals surface area contributed by atoms with Gasteiger partial charge in [0.05, 0.1) is 11.8 Å². The van der Waals surface area contributed by atoms with Crippen LogP contribution in [0.4, 0.5) is 4.79 Å². The molecule has 0 bridgehead atoms. The van der Waals surface area contributed by atoms with Gasteiger partial charge in [-0.2, -0.15) is 4.99 Å². The Balaban J connectivity index is 4.90. The molecule has 1 atom stereocenters. The second kappa shape index (κ2) is 9.88. The van der Waals surface area contributed by atoms with Crippen molar-refractivity contribution >= 4 is 11.8 Å². The number of methoxy groups -OCH3 is 1. The van der Waals surface area contributed by atoms with Crippen LogP contribution in [0.15, 0.2) is 4.99 Å². The van der Waals surface area contributed by atoms with E-state index in [1.165, 1.54) is 0 Å². The summed E-state index contributed by atoms with van der Waals surface area (Å²) in [5.74, 6) is 0. The van der Waals surface area contributed by atoms with E-state index in [1.54, 1.807) is 7.11 Å². The van der Waals surface area contributed by atoms with Gasteiger partial charge >= 0.3 is 6.09 Å². The summed E-state index contributed by atoms with van der Waals surface area (Å²) in [6.45, 7) is 9.78. The van der Waals surface area contributed by atoms with Crippen molar-refractivity contribution in [1.82, 2.24) is 0 Å². The van der Waals surface area contributed by atoms with Gasteiger partial charge in [-0.3, -0.25) is 0 Å². The highest BCUT2D eigenvalue weighted by molar-refractivity contribution is 5.96. The molecule has 0 saturated heterocycles. The molecule has 1 unspecified atom stereocenters. The molecular weight excluding hydrogens is 258 g/mol. The maximum absolute atomic E-state index is 11.8. The van der Waals surface area contributed by atoms with Crippen LogP contribution < -0.4 is 0 Å². The fourth-order valence-corrected chi connectivity index (χ4v) is 1.71. The third-order valence-corrected chi connectivity index (χ3v) is 2.44. The first-order chi connectivity index (χ1) is 9.34. The molecule has 0 aromatic heterocycles. The second-order valence-electron chi connectivity index (χ2n) is 5.68. The molecule has 118 valence electrons. The van der Waals surface area contributed by atoms with Crippen LogP contribution in [-0.2, 0) is 14.2 Å². The van der Waals surface area contributed by atoms with Gasteiger partial charge in [0.2, 0.25) is 0 Å². The maximum Gasteiger partial charge on any atom is 0.434 e. The molecule has 0 fully saturated rings. The van der Waals surface area contributed by atoms with Crippen LogP contribution in [0.5, 0.6) is 0 Å². The summed E-state index contributed by atoms with van der Waals surface area (Å²) in [6, 6.07) is 0. The van der Waals surface area contributed by atoms with Crippen molar-refractivity contribution < 1.29 is 19.0 Å². The van der Waals surface area contributed by atoms with Gasteiger partial charge in [-0.1, -0.05) is 26.7 Å². The molecule has 0 saturated carbocycles. The number of nitrogens with zero attached hydrogens (tertiary/aromatic N) is 1. The molecule has 0 radical (unpaired) electrons. The van der Waals surface area contributed by atoms with Gasteiger partial charge in [-0.05, 0) is 33.6 Å². The predicted octanol–water partition coefficient (Wildman–Crippen LogP) is 3.95. The quantitative estimate of drug-likeness (QED) is 0.501. The highest BCUT2D eigenvalue weighted by Crippen LogP contribution is 2.13. The van der Waals surface area contributed by atoms with Gasteiger partial charge in [0.1, 0.15) is 12.4 Å². The summed E-state index contributed by atoms with van der Waals surface area (Å²) >= 11 is 0. The molecule has 0 aliphatic rings. The summed E-state index contributed by atoms with van der Waals surface area (Å²) in [4.78, 5) is 15.9. The lowest BCUT2D eigenvalue weighted by Gasteiger charge is -2.21. The molecule has 5 nitrogen and oxygen atoms in total. The Morgan fingerprint density at radius 3 is 2.30 bits per heavy atom. The van der Waals surface area contributed by atoms with Gasteiger partial charge in [0.25, 0.3) is 0 Å². The van der Waals surface area contributed by atoms with Gasteiger partial charge in [-0.15, -0.1) is 0 Å². The summed E-state index contributed by atoms with van der Waals surface area (Å²) in [5.41, 5.74) is 0.201. The zero-order chi connectivity index (χ0) is 15.6. The van der Waals surface area contributed by atoms with Gasteiger partial charge in [0, 0.05) is 7.11 Å². The van der Waals surface area contributed by atoms with Gasteiger partial charge < -0.3 is 14.2 Å². The van der Waals surface area contributed by atoms with Crippen LogP contribution in [0.3, 0.4) is 0 Å².